The molecule has 0 bridgehead atoms. The maximum Gasteiger partial charge on any atom is 0.229 e. The number of halogens is 3. The molecule has 0 N–H and O–H groups in total. The lowest BCUT2D eigenvalue weighted by Crippen LogP contribution is -2.30. The zero-order valence-corrected chi connectivity index (χ0v) is 19.3. The molecule has 0 aliphatic heterocycles. The van der Waals surface area contributed by atoms with Crippen LogP contribution in [0.3, 0.4) is 0 Å². The second-order valence-electron chi connectivity index (χ2n) is 7.41. The normalized spacial score (nSPS) is 11.6. The predicted octanol–water partition coefficient (Wildman–Crippen LogP) is 4.90. The molecule has 0 spiro atoms. The minimum absolute atomic E-state index is 0.00510. The van der Waals surface area contributed by atoms with E-state index in [2.05, 4.69) is 9.97 Å². The van der Waals surface area contributed by atoms with E-state index in [0.29, 0.717) is 5.69 Å². The van der Waals surface area contributed by atoms with E-state index in [0.717, 1.165) is 35.6 Å². The molecule has 0 radical (unpaired) electrons. The number of carbonyl (C=O) groups is 1. The van der Waals surface area contributed by atoms with Crippen LogP contribution in [-0.4, -0.2) is 30.0 Å². The van der Waals surface area contributed by atoms with E-state index in [1.807, 2.05) is 0 Å². The first-order chi connectivity index (χ1) is 16.2. The molecule has 0 fully saturated rings. The Morgan fingerprint density at radius 3 is 2.47 bits per heavy atom. The molecule has 4 aromatic rings. The van der Waals surface area contributed by atoms with Gasteiger partial charge in [0.25, 0.3) is 0 Å². The molecule has 0 saturated carbocycles. The zero-order valence-electron chi connectivity index (χ0n) is 17.6. The van der Waals surface area contributed by atoms with Gasteiger partial charge in [-0.05, 0) is 48.9 Å². The van der Waals surface area contributed by atoms with Gasteiger partial charge in [0.1, 0.15) is 17.2 Å². The number of thiazole rings is 1. The van der Waals surface area contributed by atoms with Crippen LogP contribution in [-0.2, 0) is 21.2 Å². The van der Waals surface area contributed by atoms with Crippen LogP contribution in [0.25, 0.3) is 10.2 Å². The number of benzene rings is 2. The summed E-state index contributed by atoms with van der Waals surface area (Å²) in [7, 11) is -3.71. The molecule has 0 unspecified atom stereocenters. The number of aromatic nitrogens is 2. The topological polar surface area (TPSA) is 80.2 Å². The van der Waals surface area contributed by atoms with Gasteiger partial charge in [-0.15, -0.1) is 0 Å². The fourth-order valence-corrected chi connectivity index (χ4v) is 5.62. The third-order valence-electron chi connectivity index (χ3n) is 4.96. The van der Waals surface area contributed by atoms with Crippen LogP contribution >= 0.6 is 11.3 Å². The summed E-state index contributed by atoms with van der Waals surface area (Å²) >= 11 is 0.951. The van der Waals surface area contributed by atoms with Crippen molar-refractivity contribution in [3.63, 3.8) is 0 Å². The number of anilines is 1. The number of sulfone groups is 1. The number of pyridine rings is 1. The number of rotatable bonds is 8. The van der Waals surface area contributed by atoms with Crippen LogP contribution in [0.15, 0.2) is 65.7 Å². The number of fused-ring (bicyclic) bond motifs is 1. The molecule has 1 amide bonds. The summed E-state index contributed by atoms with van der Waals surface area (Å²) in [5.41, 5.74) is 0.486. The molecule has 0 aliphatic carbocycles. The lowest BCUT2D eigenvalue weighted by atomic mass is 10.2. The molecule has 0 atom stereocenters. The van der Waals surface area contributed by atoms with Crippen molar-refractivity contribution in [1.29, 1.82) is 0 Å². The summed E-state index contributed by atoms with van der Waals surface area (Å²) in [6.07, 6.45) is 1.42. The first-order valence-corrected chi connectivity index (χ1v) is 12.6. The van der Waals surface area contributed by atoms with Crippen LogP contribution < -0.4 is 4.90 Å². The van der Waals surface area contributed by atoms with E-state index in [9.17, 15) is 26.4 Å². The van der Waals surface area contributed by atoms with Gasteiger partial charge in [0, 0.05) is 18.7 Å². The van der Waals surface area contributed by atoms with Crippen LogP contribution in [0.4, 0.5) is 18.3 Å². The molecule has 0 aliphatic rings. The Labute approximate surface area is 197 Å². The Kier molecular flexibility index (Phi) is 6.94. The van der Waals surface area contributed by atoms with Crippen molar-refractivity contribution in [3.05, 3.63) is 83.9 Å². The highest BCUT2D eigenvalue weighted by Gasteiger charge is 2.23. The summed E-state index contributed by atoms with van der Waals surface area (Å²) in [5.74, 6) is -2.91. The fourth-order valence-electron chi connectivity index (χ4n) is 3.29. The molecule has 2 heterocycles. The van der Waals surface area contributed by atoms with Crippen molar-refractivity contribution in [1.82, 2.24) is 9.97 Å². The van der Waals surface area contributed by atoms with E-state index in [-0.39, 0.29) is 45.4 Å². The smallest absolute Gasteiger partial charge is 0.229 e. The first-order valence-electron chi connectivity index (χ1n) is 10.2. The summed E-state index contributed by atoms with van der Waals surface area (Å²) in [4.78, 5) is 22.7. The van der Waals surface area contributed by atoms with Crippen molar-refractivity contribution in [2.24, 2.45) is 0 Å². The Balaban J connectivity index is 1.55. The van der Waals surface area contributed by atoms with Gasteiger partial charge in [-0.1, -0.05) is 17.4 Å². The minimum Gasteiger partial charge on any atom is -0.282 e. The molecule has 34 heavy (non-hydrogen) atoms. The maximum atomic E-state index is 14.2. The van der Waals surface area contributed by atoms with Crippen molar-refractivity contribution < 1.29 is 26.4 Å². The molecule has 176 valence electrons. The SMILES string of the molecule is O=C(CCCS(=O)(=O)c1ccc(F)cc1)N(Cc1ccccn1)c1nc2c(F)cc(F)cc2s1. The Morgan fingerprint density at radius 1 is 1.00 bits per heavy atom. The van der Waals surface area contributed by atoms with Gasteiger partial charge in [0.15, 0.2) is 20.8 Å². The van der Waals surface area contributed by atoms with Crippen LogP contribution in [0.2, 0.25) is 0 Å². The van der Waals surface area contributed by atoms with Crippen molar-refractivity contribution in [2.75, 3.05) is 10.7 Å². The molecular weight excluding hydrogens is 487 g/mol. The maximum absolute atomic E-state index is 14.2. The van der Waals surface area contributed by atoms with Gasteiger partial charge < -0.3 is 0 Å². The molecule has 4 rings (SSSR count). The number of nitrogens with zero attached hydrogens (tertiary/aromatic N) is 3. The van der Waals surface area contributed by atoms with E-state index in [1.54, 1.807) is 24.4 Å². The second kappa shape index (κ2) is 9.90. The third kappa shape index (κ3) is 5.42. The number of carbonyl (C=O) groups excluding carboxylic acids is 1. The monoisotopic (exact) mass is 505 g/mol. The Morgan fingerprint density at radius 2 is 1.76 bits per heavy atom. The van der Waals surface area contributed by atoms with E-state index < -0.39 is 33.2 Å². The van der Waals surface area contributed by atoms with Crippen LogP contribution in [0, 0.1) is 17.5 Å². The van der Waals surface area contributed by atoms with E-state index in [1.165, 1.54) is 17.0 Å². The summed E-state index contributed by atoms with van der Waals surface area (Å²) in [5, 5.41) is 0.150. The Hall–Kier alpha value is -3.31. The first kappa shape index (κ1) is 23.8. The highest BCUT2D eigenvalue weighted by molar-refractivity contribution is 7.91. The van der Waals surface area contributed by atoms with Gasteiger partial charge in [0.05, 0.1) is 27.6 Å². The van der Waals surface area contributed by atoms with Crippen LogP contribution in [0.1, 0.15) is 18.5 Å². The third-order valence-corrected chi connectivity index (χ3v) is 7.80. The fraction of sp³-hybridized carbons (Fsp3) is 0.174. The largest absolute Gasteiger partial charge is 0.282 e. The van der Waals surface area contributed by atoms with Gasteiger partial charge >= 0.3 is 0 Å². The van der Waals surface area contributed by atoms with Gasteiger partial charge in [-0.3, -0.25) is 14.7 Å². The highest BCUT2D eigenvalue weighted by atomic mass is 32.2. The molecule has 0 saturated heterocycles. The van der Waals surface area contributed by atoms with Crippen molar-refractivity contribution in [3.8, 4) is 0 Å². The molecule has 6 nitrogen and oxygen atoms in total. The molecule has 2 aromatic carbocycles. The summed E-state index contributed by atoms with van der Waals surface area (Å²) < 4.78 is 66.1. The van der Waals surface area contributed by atoms with Crippen molar-refractivity contribution in [2.45, 2.75) is 24.3 Å². The zero-order chi connectivity index (χ0) is 24.3. The number of hydrogen-bond acceptors (Lipinski definition) is 6. The number of amides is 1. The molecule has 2 aromatic heterocycles. The van der Waals surface area contributed by atoms with Crippen molar-refractivity contribution >= 4 is 42.4 Å². The van der Waals surface area contributed by atoms with Gasteiger partial charge in [0.2, 0.25) is 5.91 Å². The number of hydrogen-bond donors (Lipinski definition) is 0. The predicted molar refractivity (Wildman–Crippen MR) is 123 cm³/mol. The standard InChI is InChI=1S/C23H18F3N3O3S2/c24-15-6-8-18(9-7-15)34(31,32)11-3-5-21(30)29(14-17-4-1-2-10-27-17)23-28-22-19(26)12-16(25)13-20(22)33-23/h1-2,4,6-10,12-13H,3,5,11,14H2. The lowest BCUT2D eigenvalue weighted by molar-refractivity contribution is -0.118. The summed E-state index contributed by atoms with van der Waals surface area (Å²) in [6.45, 7) is 0.0221. The second-order valence-corrected chi connectivity index (χ2v) is 10.5. The quantitative estimate of drug-likeness (QED) is 0.319. The van der Waals surface area contributed by atoms with E-state index in [4.69, 9.17) is 0 Å². The van der Waals surface area contributed by atoms with E-state index >= 15 is 0 Å². The Bertz CT molecular complexity index is 1430. The average Bonchev–Trinajstić information content (AvgIpc) is 3.22. The van der Waals surface area contributed by atoms with Gasteiger partial charge in [-0.2, -0.15) is 0 Å². The lowest BCUT2D eigenvalue weighted by Gasteiger charge is -2.19. The molecule has 11 heteroatoms. The van der Waals surface area contributed by atoms with Crippen LogP contribution in [0.5, 0.6) is 0 Å². The van der Waals surface area contributed by atoms with Gasteiger partial charge in [-0.25, -0.2) is 26.6 Å². The average molecular weight is 506 g/mol. The molecular formula is C23H18F3N3O3S2. The minimum atomic E-state index is -3.71. The summed E-state index contributed by atoms with van der Waals surface area (Å²) in [6, 6.07) is 11.5. The highest BCUT2D eigenvalue weighted by Crippen LogP contribution is 2.32.